The average molecular weight is 521 g/mol. The zero-order valence-corrected chi connectivity index (χ0v) is 22.4. The molecular weight excluding hydrogens is 486 g/mol. The first-order valence-corrected chi connectivity index (χ1v) is 13.6. The summed E-state index contributed by atoms with van der Waals surface area (Å²) in [5.74, 6) is 0.720. The molecule has 194 valence electrons. The lowest BCUT2D eigenvalue weighted by Crippen LogP contribution is -2.52. The van der Waals surface area contributed by atoms with E-state index in [2.05, 4.69) is 70.1 Å². The zero-order chi connectivity index (χ0) is 26.2. The maximum Gasteiger partial charge on any atom is 0.140 e. The van der Waals surface area contributed by atoms with E-state index in [0.29, 0.717) is 18.9 Å². The Hall–Kier alpha value is -3.29. The largest absolute Gasteiger partial charge is 0.353 e. The Labute approximate surface area is 222 Å². The SMILES string of the molecule is CC.CF.Fc1ccc2c(c1)Nc1sc3ccccc3c1C(N1CCN[C@@H](CCc3ccccc3)C1)=N2. The van der Waals surface area contributed by atoms with Gasteiger partial charge in [-0.15, -0.1) is 11.3 Å². The van der Waals surface area contributed by atoms with E-state index in [0.717, 1.165) is 54.6 Å². The van der Waals surface area contributed by atoms with Crippen molar-refractivity contribution in [3.05, 3.63) is 89.7 Å². The van der Waals surface area contributed by atoms with Gasteiger partial charge in [-0.3, -0.25) is 4.39 Å². The molecule has 0 amide bonds. The molecule has 3 heterocycles. The molecule has 1 fully saturated rings. The van der Waals surface area contributed by atoms with Crippen molar-refractivity contribution in [2.24, 2.45) is 4.99 Å². The van der Waals surface area contributed by atoms with Crippen LogP contribution in [0.25, 0.3) is 10.1 Å². The fourth-order valence-corrected chi connectivity index (χ4v) is 5.89. The Morgan fingerprint density at radius 2 is 1.76 bits per heavy atom. The molecule has 0 bridgehead atoms. The summed E-state index contributed by atoms with van der Waals surface area (Å²) in [6.07, 6.45) is 2.13. The molecule has 2 N–H and O–H groups in total. The highest BCUT2D eigenvalue weighted by Gasteiger charge is 2.29. The predicted octanol–water partition coefficient (Wildman–Crippen LogP) is 7.69. The fourth-order valence-electron chi connectivity index (χ4n) is 4.78. The molecule has 4 aromatic rings. The summed E-state index contributed by atoms with van der Waals surface area (Å²) in [6, 6.07) is 24.3. The number of benzene rings is 3. The van der Waals surface area contributed by atoms with Crippen LogP contribution in [-0.4, -0.2) is 43.6 Å². The molecule has 2 aliphatic heterocycles. The van der Waals surface area contributed by atoms with Gasteiger partial charge in [-0.1, -0.05) is 62.4 Å². The third-order valence-corrected chi connectivity index (χ3v) is 7.52. The van der Waals surface area contributed by atoms with Crippen LogP contribution in [0.2, 0.25) is 0 Å². The van der Waals surface area contributed by atoms with E-state index in [-0.39, 0.29) is 5.82 Å². The van der Waals surface area contributed by atoms with Crippen molar-refractivity contribution in [2.45, 2.75) is 32.7 Å². The van der Waals surface area contributed by atoms with Gasteiger partial charge >= 0.3 is 0 Å². The molecule has 7 heteroatoms. The smallest absolute Gasteiger partial charge is 0.140 e. The molecule has 6 rings (SSSR count). The molecule has 3 aromatic carbocycles. The topological polar surface area (TPSA) is 39.7 Å². The summed E-state index contributed by atoms with van der Waals surface area (Å²) in [5.41, 5.74) is 3.98. The minimum Gasteiger partial charge on any atom is -0.353 e. The first-order chi connectivity index (χ1) is 18.2. The van der Waals surface area contributed by atoms with Crippen LogP contribution in [0, 0.1) is 5.82 Å². The van der Waals surface area contributed by atoms with Crippen molar-refractivity contribution in [2.75, 3.05) is 32.1 Å². The highest BCUT2D eigenvalue weighted by Crippen LogP contribution is 2.43. The van der Waals surface area contributed by atoms with Crippen molar-refractivity contribution in [3.8, 4) is 0 Å². The summed E-state index contributed by atoms with van der Waals surface area (Å²) in [5, 5.41) is 9.40. The Morgan fingerprint density at radius 1 is 1.00 bits per heavy atom. The van der Waals surface area contributed by atoms with E-state index in [1.54, 1.807) is 17.4 Å². The van der Waals surface area contributed by atoms with E-state index < -0.39 is 0 Å². The van der Waals surface area contributed by atoms with Gasteiger partial charge < -0.3 is 15.5 Å². The minimum atomic E-state index is -0.259. The first kappa shape index (κ1) is 26.8. The number of amidine groups is 1. The maximum atomic E-state index is 14.0. The fraction of sp³-hybridized carbons (Fsp3) is 0.300. The molecule has 0 unspecified atom stereocenters. The van der Waals surface area contributed by atoms with Gasteiger partial charge in [0.05, 0.1) is 24.1 Å². The normalized spacial score (nSPS) is 16.1. The minimum absolute atomic E-state index is 0.259. The summed E-state index contributed by atoms with van der Waals surface area (Å²) in [7, 11) is 0.500. The second-order valence-electron chi connectivity index (χ2n) is 8.65. The molecule has 1 saturated heterocycles. The van der Waals surface area contributed by atoms with Gasteiger partial charge in [0.1, 0.15) is 16.7 Å². The maximum absolute atomic E-state index is 14.0. The third-order valence-electron chi connectivity index (χ3n) is 6.43. The first-order valence-electron chi connectivity index (χ1n) is 12.8. The second kappa shape index (κ2) is 12.8. The van der Waals surface area contributed by atoms with E-state index in [1.165, 1.54) is 27.8 Å². The second-order valence-corrected chi connectivity index (χ2v) is 9.70. The number of hydrogen-bond donors (Lipinski definition) is 2. The molecule has 1 aromatic heterocycles. The monoisotopic (exact) mass is 520 g/mol. The van der Waals surface area contributed by atoms with E-state index in [4.69, 9.17) is 4.99 Å². The van der Waals surface area contributed by atoms with Crippen molar-refractivity contribution in [1.29, 1.82) is 0 Å². The number of halogens is 2. The van der Waals surface area contributed by atoms with Gasteiger partial charge in [0.15, 0.2) is 0 Å². The molecule has 1 atom stereocenters. The van der Waals surface area contributed by atoms with Crippen LogP contribution in [0.5, 0.6) is 0 Å². The van der Waals surface area contributed by atoms with Crippen LogP contribution in [0.1, 0.15) is 31.4 Å². The van der Waals surface area contributed by atoms with E-state index in [9.17, 15) is 8.78 Å². The number of thiophene rings is 1. The van der Waals surface area contributed by atoms with Crippen molar-refractivity contribution in [1.82, 2.24) is 10.2 Å². The van der Waals surface area contributed by atoms with Crippen LogP contribution >= 0.6 is 11.3 Å². The zero-order valence-electron chi connectivity index (χ0n) is 21.6. The molecular formula is C30H34F2N4S. The van der Waals surface area contributed by atoms with Crippen LogP contribution in [-0.2, 0) is 6.42 Å². The van der Waals surface area contributed by atoms with Crippen LogP contribution in [0.3, 0.4) is 0 Å². The quantitative estimate of drug-likeness (QED) is 0.291. The number of aliphatic imine (C=N–C) groups is 1. The van der Waals surface area contributed by atoms with E-state index >= 15 is 0 Å². The third kappa shape index (κ3) is 6.00. The number of piperazine rings is 1. The van der Waals surface area contributed by atoms with Gasteiger partial charge in [-0.25, -0.2) is 9.38 Å². The lowest BCUT2D eigenvalue weighted by atomic mass is 10.0. The Balaban J connectivity index is 0.000000765. The lowest BCUT2D eigenvalue weighted by Gasteiger charge is -2.36. The van der Waals surface area contributed by atoms with Crippen molar-refractivity contribution >= 4 is 43.6 Å². The van der Waals surface area contributed by atoms with Crippen LogP contribution < -0.4 is 10.6 Å². The van der Waals surface area contributed by atoms with Crippen LogP contribution in [0.15, 0.2) is 77.8 Å². The lowest BCUT2D eigenvalue weighted by molar-refractivity contribution is 0.282. The van der Waals surface area contributed by atoms with E-state index in [1.807, 2.05) is 13.8 Å². The number of fused-ring (bicyclic) bond motifs is 4. The Bertz CT molecular complexity index is 1340. The van der Waals surface area contributed by atoms with Crippen molar-refractivity contribution < 1.29 is 8.78 Å². The average Bonchev–Trinajstić information content (AvgIpc) is 3.23. The molecule has 0 saturated carbocycles. The number of alkyl halides is 1. The number of anilines is 2. The molecule has 0 radical (unpaired) electrons. The number of rotatable bonds is 3. The van der Waals surface area contributed by atoms with Gasteiger partial charge in [-0.2, -0.15) is 0 Å². The van der Waals surface area contributed by atoms with Crippen LogP contribution in [0.4, 0.5) is 25.2 Å². The molecule has 0 aliphatic carbocycles. The Kier molecular flexibility index (Phi) is 9.25. The molecule has 2 aliphatic rings. The Morgan fingerprint density at radius 3 is 2.57 bits per heavy atom. The number of hydrogen-bond acceptors (Lipinski definition) is 5. The van der Waals surface area contributed by atoms with Gasteiger partial charge in [0.25, 0.3) is 0 Å². The molecule has 37 heavy (non-hydrogen) atoms. The summed E-state index contributed by atoms with van der Waals surface area (Å²) >= 11 is 1.70. The van der Waals surface area contributed by atoms with Gasteiger partial charge in [-0.05, 0) is 42.7 Å². The highest BCUT2D eigenvalue weighted by molar-refractivity contribution is 7.23. The number of nitrogens with one attached hydrogen (secondary N) is 2. The molecule has 0 spiro atoms. The highest BCUT2D eigenvalue weighted by atomic mass is 32.1. The molecule has 4 nitrogen and oxygen atoms in total. The standard InChI is InChI=1S/C27H25FN4S.C2H6.CH3F/c28-19-11-13-22-23(16-19)31-27-25(21-8-4-5-9-24(21)33-27)26(30-22)32-15-14-29-20(17-32)12-10-18-6-2-1-3-7-18;2*1-2/h1-9,11,13,16,20,29,31H,10,12,14-15,17H2;1-2H3;1H3/t20-;;/m0../s1. The van der Waals surface area contributed by atoms with Gasteiger partial charge in [0.2, 0.25) is 0 Å². The summed E-state index contributed by atoms with van der Waals surface area (Å²) in [4.78, 5) is 7.52. The summed E-state index contributed by atoms with van der Waals surface area (Å²) in [6.45, 7) is 6.70. The number of aryl methyl sites for hydroxylation is 1. The summed E-state index contributed by atoms with van der Waals surface area (Å²) < 4.78 is 24.7. The van der Waals surface area contributed by atoms with Crippen molar-refractivity contribution in [3.63, 3.8) is 0 Å². The number of nitrogens with zero attached hydrogens (tertiary/aromatic N) is 2. The predicted molar refractivity (Wildman–Crippen MR) is 154 cm³/mol. The van der Waals surface area contributed by atoms with Gasteiger partial charge in [0, 0.05) is 35.8 Å².